The number of carboxylic acids is 1. The first-order chi connectivity index (χ1) is 14.0. The van der Waals surface area contributed by atoms with Crippen molar-refractivity contribution in [2.45, 2.75) is 43.4 Å². The lowest BCUT2D eigenvalue weighted by atomic mass is 9.82. The molecule has 2 saturated heterocycles. The number of hydrogen-bond donors (Lipinski definition) is 4. The number of para-hydroxylation sites is 1. The van der Waals surface area contributed by atoms with E-state index in [0.29, 0.717) is 28.6 Å². The van der Waals surface area contributed by atoms with Crippen molar-refractivity contribution in [1.29, 1.82) is 0 Å². The van der Waals surface area contributed by atoms with E-state index in [9.17, 15) is 14.7 Å². The molecule has 2 aliphatic heterocycles. The fraction of sp³-hybridized carbons (Fsp3) is 0.550. The van der Waals surface area contributed by atoms with Crippen LogP contribution in [0.3, 0.4) is 0 Å². The number of aromatic nitrogens is 2. The number of nitrogens with two attached hydrogens (primary N) is 1. The van der Waals surface area contributed by atoms with Gasteiger partial charge in [0.05, 0.1) is 23.0 Å². The predicted molar refractivity (Wildman–Crippen MR) is 117 cm³/mol. The quantitative estimate of drug-likeness (QED) is 0.470. The molecule has 0 saturated carbocycles. The van der Waals surface area contributed by atoms with E-state index in [2.05, 4.69) is 15.3 Å². The van der Waals surface area contributed by atoms with Crippen LogP contribution in [0.5, 0.6) is 0 Å². The zero-order valence-corrected chi connectivity index (χ0v) is 17.7. The van der Waals surface area contributed by atoms with Crippen LogP contribution in [0.1, 0.15) is 54.3 Å². The molecule has 4 rings (SSSR count). The number of fused-ring (bicyclic) bond motifs is 1. The molecule has 7 nitrogen and oxygen atoms in total. The predicted octanol–water partition coefficient (Wildman–Crippen LogP) is 3.34. The van der Waals surface area contributed by atoms with Crippen molar-refractivity contribution in [1.82, 2.24) is 15.3 Å². The smallest absolute Gasteiger partial charge is 0.306 e. The summed E-state index contributed by atoms with van der Waals surface area (Å²) in [4.78, 5) is 31.7. The molecule has 2 fully saturated rings. The van der Waals surface area contributed by atoms with Crippen LogP contribution in [0.25, 0.3) is 11.0 Å². The van der Waals surface area contributed by atoms with Crippen LogP contribution in [0.4, 0.5) is 0 Å². The molecule has 0 bridgehead atoms. The van der Waals surface area contributed by atoms with E-state index in [1.54, 1.807) is 12.1 Å². The van der Waals surface area contributed by atoms with Crippen LogP contribution >= 0.6 is 21.6 Å². The summed E-state index contributed by atoms with van der Waals surface area (Å²) in [5.74, 6) is 0.201. The molecule has 0 aliphatic carbocycles. The Kier molecular flexibility index (Phi) is 6.36. The number of carbonyl (C=O) groups is 2. The molecule has 1 amide bonds. The standard InChI is InChI=1S/C20H26N4O3S2/c21-18(25)14-5-2-6-15-16(14)24-19(23-15)17-12(7-9-22-17)13(20(26)27)4-1-3-11-8-10-28-29-11/h2,5-6,11-13,17,22H,1,3-4,7-10H2,(H2,21,25)(H,23,24)(H,26,27). The van der Waals surface area contributed by atoms with Gasteiger partial charge in [0, 0.05) is 11.0 Å². The summed E-state index contributed by atoms with van der Waals surface area (Å²) in [6, 6.07) is 5.12. The number of H-pyrrole nitrogens is 1. The minimum absolute atomic E-state index is 0.0318. The Morgan fingerprint density at radius 3 is 2.93 bits per heavy atom. The van der Waals surface area contributed by atoms with Crippen molar-refractivity contribution < 1.29 is 14.7 Å². The molecule has 4 unspecified atom stereocenters. The molecule has 2 aromatic rings. The number of primary amides is 1. The lowest BCUT2D eigenvalue weighted by Gasteiger charge is -2.24. The van der Waals surface area contributed by atoms with Crippen molar-refractivity contribution in [3.63, 3.8) is 0 Å². The molecular weight excluding hydrogens is 408 g/mol. The third-order valence-corrected chi connectivity index (χ3v) is 8.97. The number of carboxylic acid groups (broad SMARTS) is 1. The fourth-order valence-corrected chi connectivity index (χ4v) is 7.53. The van der Waals surface area contributed by atoms with Gasteiger partial charge in [-0.25, -0.2) is 4.98 Å². The van der Waals surface area contributed by atoms with Crippen molar-refractivity contribution in [2.75, 3.05) is 12.3 Å². The topological polar surface area (TPSA) is 121 Å². The first-order valence-corrected chi connectivity index (χ1v) is 12.5. The number of nitrogens with zero attached hydrogens (tertiary/aromatic N) is 1. The van der Waals surface area contributed by atoms with E-state index in [1.807, 2.05) is 27.7 Å². The summed E-state index contributed by atoms with van der Waals surface area (Å²) in [6.45, 7) is 0.758. The number of nitrogens with one attached hydrogen (secondary N) is 2. The third kappa shape index (κ3) is 4.41. The van der Waals surface area contributed by atoms with Crippen LogP contribution in [0, 0.1) is 11.8 Å². The van der Waals surface area contributed by atoms with Crippen LogP contribution in [0.2, 0.25) is 0 Å². The minimum Gasteiger partial charge on any atom is -0.481 e. The van der Waals surface area contributed by atoms with Gasteiger partial charge in [-0.15, -0.1) is 0 Å². The van der Waals surface area contributed by atoms with Gasteiger partial charge in [0.25, 0.3) is 5.91 Å². The first kappa shape index (κ1) is 20.6. The lowest BCUT2D eigenvalue weighted by molar-refractivity contribution is -0.144. The van der Waals surface area contributed by atoms with Gasteiger partial charge in [-0.3, -0.25) is 9.59 Å². The zero-order valence-electron chi connectivity index (χ0n) is 16.1. The van der Waals surface area contributed by atoms with Gasteiger partial charge in [0.1, 0.15) is 11.3 Å². The normalized spacial score (nSPS) is 25.4. The van der Waals surface area contributed by atoms with Crippen molar-refractivity contribution in [3.05, 3.63) is 29.6 Å². The summed E-state index contributed by atoms with van der Waals surface area (Å²) < 4.78 is 0. The molecule has 1 aromatic heterocycles. The van der Waals surface area contributed by atoms with Gasteiger partial charge in [-0.2, -0.15) is 0 Å². The van der Waals surface area contributed by atoms with E-state index in [1.165, 1.54) is 12.2 Å². The Morgan fingerprint density at radius 2 is 2.21 bits per heavy atom. The van der Waals surface area contributed by atoms with Gasteiger partial charge in [-0.05, 0) is 50.3 Å². The molecule has 4 atom stereocenters. The summed E-state index contributed by atoms with van der Waals surface area (Å²) in [6.07, 6.45) is 4.73. The molecule has 0 spiro atoms. The van der Waals surface area contributed by atoms with Crippen molar-refractivity contribution >= 4 is 44.5 Å². The van der Waals surface area contributed by atoms with Crippen LogP contribution in [-0.4, -0.2) is 44.5 Å². The molecular formula is C20H26N4O3S2. The van der Waals surface area contributed by atoms with Gasteiger partial charge in [-0.1, -0.05) is 34.1 Å². The summed E-state index contributed by atoms with van der Waals surface area (Å²) in [7, 11) is 3.86. The number of aliphatic carboxylic acids is 1. The Balaban J connectivity index is 1.52. The van der Waals surface area contributed by atoms with E-state index < -0.39 is 17.8 Å². The van der Waals surface area contributed by atoms with Crippen LogP contribution in [0.15, 0.2) is 18.2 Å². The number of aromatic amines is 1. The average Bonchev–Trinajstić information content (AvgIpc) is 3.44. The number of benzene rings is 1. The Hall–Kier alpha value is -1.71. The maximum atomic E-state index is 12.1. The number of hydrogen-bond acceptors (Lipinski definition) is 6. The molecule has 9 heteroatoms. The van der Waals surface area contributed by atoms with E-state index in [0.717, 1.165) is 31.3 Å². The molecule has 3 heterocycles. The summed E-state index contributed by atoms with van der Waals surface area (Å²) in [5.41, 5.74) is 7.14. The Morgan fingerprint density at radius 1 is 1.34 bits per heavy atom. The molecule has 2 aliphatic rings. The van der Waals surface area contributed by atoms with E-state index in [-0.39, 0.29) is 12.0 Å². The van der Waals surface area contributed by atoms with Gasteiger partial charge in [0.2, 0.25) is 0 Å². The second-order valence-electron chi connectivity index (χ2n) is 7.78. The molecule has 5 N–H and O–H groups in total. The number of rotatable bonds is 8. The van der Waals surface area contributed by atoms with Gasteiger partial charge < -0.3 is 21.1 Å². The van der Waals surface area contributed by atoms with E-state index in [4.69, 9.17) is 5.73 Å². The van der Waals surface area contributed by atoms with Crippen LogP contribution in [-0.2, 0) is 4.79 Å². The number of amides is 1. The lowest BCUT2D eigenvalue weighted by Crippen LogP contribution is -2.29. The molecule has 156 valence electrons. The van der Waals surface area contributed by atoms with Gasteiger partial charge in [0.15, 0.2) is 0 Å². The second-order valence-corrected chi connectivity index (χ2v) is 10.6. The number of carbonyl (C=O) groups excluding carboxylic acids is 1. The Bertz CT molecular complexity index is 897. The van der Waals surface area contributed by atoms with Crippen molar-refractivity contribution in [3.8, 4) is 0 Å². The fourth-order valence-electron chi connectivity index (χ4n) is 4.50. The largest absolute Gasteiger partial charge is 0.481 e. The SMILES string of the molecule is NC(=O)c1cccc2[nH]c(C3NCCC3C(CCCC3CCSS3)C(=O)O)nc12. The molecule has 0 radical (unpaired) electrons. The van der Waals surface area contributed by atoms with E-state index >= 15 is 0 Å². The summed E-state index contributed by atoms with van der Waals surface area (Å²) in [5, 5.41) is 14.0. The molecule has 1 aromatic carbocycles. The molecule has 29 heavy (non-hydrogen) atoms. The highest BCUT2D eigenvalue weighted by molar-refractivity contribution is 8.77. The minimum atomic E-state index is -0.730. The Labute approximate surface area is 177 Å². The maximum absolute atomic E-state index is 12.1. The third-order valence-electron chi connectivity index (χ3n) is 5.96. The monoisotopic (exact) mass is 434 g/mol. The average molecular weight is 435 g/mol. The highest BCUT2D eigenvalue weighted by Crippen LogP contribution is 2.41. The van der Waals surface area contributed by atoms with Crippen LogP contribution < -0.4 is 11.1 Å². The highest BCUT2D eigenvalue weighted by Gasteiger charge is 2.39. The summed E-state index contributed by atoms with van der Waals surface area (Å²) >= 11 is 0. The highest BCUT2D eigenvalue weighted by atomic mass is 33.1. The number of imidazole rings is 1. The first-order valence-electron chi connectivity index (χ1n) is 10.1. The second kappa shape index (κ2) is 8.97. The zero-order chi connectivity index (χ0) is 20.4. The van der Waals surface area contributed by atoms with Gasteiger partial charge >= 0.3 is 5.97 Å². The van der Waals surface area contributed by atoms with Crippen molar-refractivity contribution in [2.24, 2.45) is 17.6 Å². The maximum Gasteiger partial charge on any atom is 0.306 e.